The van der Waals surface area contributed by atoms with E-state index >= 15 is 0 Å². The Kier molecular flexibility index (Phi) is 6.03. The lowest BCUT2D eigenvalue weighted by Crippen LogP contribution is -2.40. The molecule has 0 saturated carbocycles. The maximum Gasteiger partial charge on any atom is 0.273 e. The number of primary amides is 1. The van der Waals surface area contributed by atoms with Crippen LogP contribution in [0.1, 0.15) is 20.8 Å². The average Bonchev–Trinajstić information content (AvgIpc) is 3.18. The van der Waals surface area contributed by atoms with Gasteiger partial charge in [0.25, 0.3) is 11.8 Å². The highest BCUT2D eigenvalue weighted by Gasteiger charge is 2.21. The molecular formula is C19H17Cl2N7O3. The molecule has 160 valence electrons. The van der Waals surface area contributed by atoms with E-state index in [1.165, 1.54) is 6.20 Å². The van der Waals surface area contributed by atoms with E-state index in [0.717, 1.165) is 4.80 Å². The summed E-state index contributed by atoms with van der Waals surface area (Å²) in [5.41, 5.74) is 6.07. The molecule has 0 atom stereocenters. The molecule has 4 rings (SSSR count). The fourth-order valence-electron chi connectivity index (χ4n) is 3.00. The quantitative estimate of drug-likeness (QED) is 0.595. The summed E-state index contributed by atoms with van der Waals surface area (Å²) in [4.78, 5) is 31.5. The van der Waals surface area contributed by atoms with Gasteiger partial charge in [-0.25, -0.2) is 4.98 Å². The van der Waals surface area contributed by atoms with Crippen molar-refractivity contribution in [1.82, 2.24) is 24.9 Å². The Hall–Kier alpha value is -3.21. The molecule has 0 unspecified atom stereocenters. The molecule has 1 saturated heterocycles. The number of nitrogens with two attached hydrogens (primary N) is 1. The maximum atomic E-state index is 12.5. The first-order valence-corrected chi connectivity index (χ1v) is 10.0. The molecule has 1 aliphatic rings. The zero-order chi connectivity index (χ0) is 22.0. The molecule has 2 amide bonds. The van der Waals surface area contributed by atoms with Crippen LogP contribution in [0, 0.1) is 0 Å². The van der Waals surface area contributed by atoms with Crippen LogP contribution >= 0.6 is 23.2 Å². The first kappa shape index (κ1) is 21.0. The number of hydrogen-bond acceptors (Lipinski definition) is 7. The van der Waals surface area contributed by atoms with Crippen molar-refractivity contribution >= 4 is 46.7 Å². The molecule has 1 aromatic carbocycles. The lowest BCUT2D eigenvalue weighted by atomic mass is 10.2. The standard InChI is InChI=1S/C19H17Cl2N7O3/c20-12-2-1-3-13(21)16(12)28-25-15(17(22)29)18(26-28)24-14-5-4-11(10-23-14)19(30)27-6-8-31-9-7-27/h1-5,10H,6-9H2,(H2,22,29)(H,23,24,26). The van der Waals surface area contributed by atoms with Gasteiger partial charge in [0.2, 0.25) is 0 Å². The van der Waals surface area contributed by atoms with E-state index in [2.05, 4.69) is 20.5 Å². The lowest BCUT2D eigenvalue weighted by Gasteiger charge is -2.26. The number of rotatable bonds is 5. The number of carbonyl (C=O) groups is 2. The second kappa shape index (κ2) is 8.88. The zero-order valence-corrected chi connectivity index (χ0v) is 17.6. The molecule has 31 heavy (non-hydrogen) atoms. The van der Waals surface area contributed by atoms with E-state index in [9.17, 15) is 9.59 Å². The molecule has 0 radical (unpaired) electrons. The molecule has 12 heteroatoms. The van der Waals surface area contributed by atoms with Gasteiger partial charge in [0.05, 0.1) is 28.8 Å². The highest BCUT2D eigenvalue weighted by Crippen LogP contribution is 2.28. The molecule has 10 nitrogen and oxygen atoms in total. The summed E-state index contributed by atoms with van der Waals surface area (Å²) in [7, 11) is 0. The van der Waals surface area contributed by atoms with Gasteiger partial charge >= 0.3 is 0 Å². The number of halogens is 2. The SMILES string of the molecule is NC(=O)c1nn(-c2c(Cl)cccc2Cl)nc1Nc1ccc(C(=O)N2CCOCC2)cn1. The molecular weight excluding hydrogens is 445 g/mol. The van der Waals surface area contributed by atoms with Crippen LogP contribution in [0.4, 0.5) is 11.6 Å². The zero-order valence-electron chi connectivity index (χ0n) is 16.1. The van der Waals surface area contributed by atoms with E-state index in [4.69, 9.17) is 33.7 Å². The third-order valence-corrected chi connectivity index (χ3v) is 5.15. The van der Waals surface area contributed by atoms with Crippen LogP contribution in [0.2, 0.25) is 10.0 Å². The largest absolute Gasteiger partial charge is 0.378 e. The summed E-state index contributed by atoms with van der Waals surface area (Å²) in [5, 5.41) is 11.8. The van der Waals surface area contributed by atoms with Gasteiger partial charge in [0.15, 0.2) is 11.5 Å². The van der Waals surface area contributed by atoms with Gasteiger partial charge < -0.3 is 20.7 Å². The second-order valence-corrected chi connectivity index (χ2v) is 7.40. The summed E-state index contributed by atoms with van der Waals surface area (Å²) in [6, 6.07) is 8.14. The minimum Gasteiger partial charge on any atom is -0.378 e. The minimum atomic E-state index is -0.795. The Morgan fingerprint density at radius 2 is 1.77 bits per heavy atom. The molecule has 1 aliphatic heterocycles. The van der Waals surface area contributed by atoms with Gasteiger partial charge in [-0.05, 0) is 24.3 Å². The number of nitrogens with one attached hydrogen (secondary N) is 1. The molecule has 3 heterocycles. The number of carbonyl (C=O) groups excluding carboxylic acids is 2. The highest BCUT2D eigenvalue weighted by molar-refractivity contribution is 6.37. The summed E-state index contributed by atoms with van der Waals surface area (Å²) >= 11 is 12.4. The van der Waals surface area contributed by atoms with Crippen molar-refractivity contribution in [3.8, 4) is 5.69 Å². The van der Waals surface area contributed by atoms with Gasteiger partial charge in [-0.1, -0.05) is 29.3 Å². The monoisotopic (exact) mass is 461 g/mol. The first-order valence-electron chi connectivity index (χ1n) is 9.25. The average molecular weight is 462 g/mol. The molecule has 0 aliphatic carbocycles. The number of aromatic nitrogens is 4. The summed E-state index contributed by atoms with van der Waals surface area (Å²) in [6.45, 7) is 2.10. The van der Waals surface area contributed by atoms with E-state index < -0.39 is 5.91 Å². The van der Waals surface area contributed by atoms with Crippen LogP contribution in [0.25, 0.3) is 5.69 Å². The van der Waals surface area contributed by atoms with Crippen LogP contribution in [0.15, 0.2) is 36.5 Å². The van der Waals surface area contributed by atoms with Crippen molar-refractivity contribution in [3.05, 3.63) is 57.8 Å². The smallest absolute Gasteiger partial charge is 0.273 e. The predicted octanol–water partition coefficient (Wildman–Crippen LogP) is 2.28. The van der Waals surface area contributed by atoms with Crippen molar-refractivity contribution in [2.75, 3.05) is 31.6 Å². The Morgan fingerprint density at radius 1 is 1.06 bits per heavy atom. The summed E-state index contributed by atoms with van der Waals surface area (Å²) in [6.07, 6.45) is 1.44. The fourth-order valence-corrected chi connectivity index (χ4v) is 3.55. The predicted molar refractivity (Wildman–Crippen MR) is 114 cm³/mol. The van der Waals surface area contributed by atoms with Crippen molar-refractivity contribution in [3.63, 3.8) is 0 Å². The number of nitrogens with zero attached hydrogens (tertiary/aromatic N) is 5. The fraction of sp³-hybridized carbons (Fsp3) is 0.211. The molecule has 3 N–H and O–H groups in total. The third kappa shape index (κ3) is 4.46. The molecule has 0 bridgehead atoms. The summed E-state index contributed by atoms with van der Waals surface area (Å²) < 4.78 is 5.26. The van der Waals surface area contributed by atoms with Gasteiger partial charge in [0.1, 0.15) is 11.5 Å². The van der Waals surface area contributed by atoms with E-state index in [1.807, 2.05) is 0 Å². The number of morpholine rings is 1. The third-order valence-electron chi connectivity index (χ3n) is 4.54. The van der Waals surface area contributed by atoms with Gasteiger partial charge in [-0.2, -0.15) is 0 Å². The van der Waals surface area contributed by atoms with Crippen molar-refractivity contribution in [2.24, 2.45) is 5.73 Å². The van der Waals surface area contributed by atoms with Crippen LogP contribution in [-0.2, 0) is 4.74 Å². The first-order chi connectivity index (χ1) is 14.9. The van der Waals surface area contributed by atoms with E-state index in [-0.39, 0.29) is 17.4 Å². The molecule has 3 aromatic rings. The van der Waals surface area contributed by atoms with Crippen molar-refractivity contribution in [1.29, 1.82) is 0 Å². The van der Waals surface area contributed by atoms with Crippen LogP contribution < -0.4 is 11.1 Å². The molecule has 2 aromatic heterocycles. The lowest BCUT2D eigenvalue weighted by molar-refractivity contribution is 0.0302. The van der Waals surface area contributed by atoms with Crippen molar-refractivity contribution < 1.29 is 14.3 Å². The topological polar surface area (TPSA) is 128 Å². The number of para-hydroxylation sites is 1. The highest BCUT2D eigenvalue weighted by atomic mass is 35.5. The molecule has 0 spiro atoms. The van der Waals surface area contributed by atoms with Crippen LogP contribution in [0.3, 0.4) is 0 Å². The Bertz CT molecular complexity index is 1110. The maximum absolute atomic E-state index is 12.5. The Labute approximate surface area is 186 Å². The van der Waals surface area contributed by atoms with Crippen LogP contribution in [0.5, 0.6) is 0 Å². The van der Waals surface area contributed by atoms with E-state index in [1.54, 1.807) is 35.2 Å². The normalized spacial score (nSPS) is 13.8. The number of pyridine rings is 1. The number of amides is 2. The molecule has 1 fully saturated rings. The van der Waals surface area contributed by atoms with Gasteiger partial charge in [-0.15, -0.1) is 15.0 Å². The van der Waals surface area contributed by atoms with Crippen molar-refractivity contribution in [2.45, 2.75) is 0 Å². The second-order valence-electron chi connectivity index (χ2n) is 6.58. The van der Waals surface area contributed by atoms with Gasteiger partial charge in [0, 0.05) is 19.3 Å². The van der Waals surface area contributed by atoms with Crippen LogP contribution in [-0.4, -0.2) is 63.0 Å². The Morgan fingerprint density at radius 3 is 2.39 bits per heavy atom. The van der Waals surface area contributed by atoms with E-state index in [0.29, 0.717) is 53.4 Å². The Balaban J connectivity index is 1.58. The minimum absolute atomic E-state index is 0.0724. The number of benzene rings is 1. The number of hydrogen-bond donors (Lipinski definition) is 2. The number of ether oxygens (including phenoxy) is 1. The summed E-state index contributed by atoms with van der Waals surface area (Å²) in [5.74, 6) is -0.503. The number of anilines is 2. The van der Waals surface area contributed by atoms with Gasteiger partial charge in [-0.3, -0.25) is 9.59 Å².